The second-order valence-corrected chi connectivity index (χ2v) is 4.35. The van der Waals surface area contributed by atoms with Crippen LogP contribution in [-0.4, -0.2) is 25.2 Å². The van der Waals surface area contributed by atoms with Crippen molar-refractivity contribution in [1.82, 2.24) is 5.32 Å². The lowest BCUT2D eigenvalue weighted by Gasteiger charge is -2.16. The first kappa shape index (κ1) is 14.7. The molecule has 0 saturated heterocycles. The molecule has 0 aromatic heterocycles. The standard InChI is InChI=1S/C14H22N2O2/c1-3-18-10-11(2)16-14(17)9-13(15)12-7-5-4-6-8-12/h4-8,11,13H,3,9-10,15H2,1-2H3,(H,16,17). The molecular weight excluding hydrogens is 228 g/mol. The maximum absolute atomic E-state index is 11.8. The van der Waals surface area contributed by atoms with Crippen molar-refractivity contribution < 1.29 is 9.53 Å². The van der Waals surface area contributed by atoms with Crippen molar-refractivity contribution in [2.24, 2.45) is 5.73 Å². The fourth-order valence-corrected chi connectivity index (χ4v) is 1.69. The molecule has 0 aliphatic rings. The zero-order valence-corrected chi connectivity index (χ0v) is 11.1. The van der Waals surface area contributed by atoms with Crippen LogP contribution in [0.2, 0.25) is 0 Å². The molecule has 1 rings (SSSR count). The maximum atomic E-state index is 11.8. The summed E-state index contributed by atoms with van der Waals surface area (Å²) in [5.74, 6) is -0.0430. The summed E-state index contributed by atoms with van der Waals surface area (Å²) in [5.41, 5.74) is 6.96. The lowest BCUT2D eigenvalue weighted by atomic mass is 10.0. The van der Waals surface area contributed by atoms with Gasteiger partial charge in [0.25, 0.3) is 0 Å². The Balaban J connectivity index is 2.36. The average molecular weight is 250 g/mol. The van der Waals surface area contributed by atoms with E-state index in [0.29, 0.717) is 19.6 Å². The van der Waals surface area contributed by atoms with Crippen LogP contribution in [0.4, 0.5) is 0 Å². The molecule has 0 spiro atoms. The Morgan fingerprint density at radius 2 is 2.06 bits per heavy atom. The Morgan fingerprint density at radius 3 is 2.67 bits per heavy atom. The third kappa shape index (κ3) is 5.29. The van der Waals surface area contributed by atoms with E-state index in [9.17, 15) is 4.79 Å². The molecule has 0 fully saturated rings. The third-order valence-corrected chi connectivity index (χ3v) is 2.61. The summed E-state index contributed by atoms with van der Waals surface area (Å²) >= 11 is 0. The first-order valence-electron chi connectivity index (χ1n) is 6.31. The minimum atomic E-state index is -0.259. The molecule has 1 aromatic carbocycles. The van der Waals surface area contributed by atoms with Gasteiger partial charge in [0.15, 0.2) is 0 Å². The van der Waals surface area contributed by atoms with E-state index >= 15 is 0 Å². The molecule has 0 saturated carbocycles. The fourth-order valence-electron chi connectivity index (χ4n) is 1.69. The zero-order valence-electron chi connectivity index (χ0n) is 11.1. The second kappa shape index (κ2) is 7.84. The molecule has 0 aliphatic carbocycles. The van der Waals surface area contributed by atoms with Crippen molar-refractivity contribution in [3.05, 3.63) is 35.9 Å². The number of hydrogen-bond acceptors (Lipinski definition) is 3. The molecular formula is C14H22N2O2. The van der Waals surface area contributed by atoms with Crippen LogP contribution in [0.1, 0.15) is 31.9 Å². The van der Waals surface area contributed by atoms with Gasteiger partial charge in [0.2, 0.25) is 5.91 Å². The van der Waals surface area contributed by atoms with Crippen LogP contribution in [-0.2, 0) is 9.53 Å². The van der Waals surface area contributed by atoms with Gasteiger partial charge in [0.05, 0.1) is 6.61 Å². The number of benzene rings is 1. The van der Waals surface area contributed by atoms with Crippen molar-refractivity contribution in [2.45, 2.75) is 32.4 Å². The van der Waals surface area contributed by atoms with Crippen LogP contribution < -0.4 is 11.1 Å². The number of carbonyl (C=O) groups is 1. The van der Waals surface area contributed by atoms with E-state index in [0.717, 1.165) is 5.56 Å². The van der Waals surface area contributed by atoms with E-state index in [1.54, 1.807) is 0 Å². The number of nitrogens with one attached hydrogen (secondary N) is 1. The largest absolute Gasteiger partial charge is 0.380 e. The Bertz CT molecular complexity index is 354. The Morgan fingerprint density at radius 1 is 1.39 bits per heavy atom. The molecule has 3 N–H and O–H groups in total. The molecule has 1 amide bonds. The third-order valence-electron chi connectivity index (χ3n) is 2.61. The van der Waals surface area contributed by atoms with E-state index in [2.05, 4.69) is 5.32 Å². The zero-order chi connectivity index (χ0) is 13.4. The normalized spacial score (nSPS) is 13.9. The molecule has 0 radical (unpaired) electrons. The molecule has 18 heavy (non-hydrogen) atoms. The number of nitrogens with two attached hydrogens (primary N) is 1. The molecule has 2 atom stereocenters. The van der Waals surface area contributed by atoms with E-state index < -0.39 is 0 Å². The summed E-state index contributed by atoms with van der Waals surface area (Å²) in [4.78, 5) is 11.8. The number of carbonyl (C=O) groups excluding carboxylic acids is 1. The van der Waals surface area contributed by atoms with Gasteiger partial charge in [-0.2, -0.15) is 0 Å². The number of amides is 1. The van der Waals surface area contributed by atoms with Crippen LogP contribution in [0.25, 0.3) is 0 Å². The molecule has 0 aliphatic heterocycles. The summed E-state index contributed by atoms with van der Waals surface area (Å²) in [6.45, 7) is 5.04. The summed E-state index contributed by atoms with van der Waals surface area (Å²) in [7, 11) is 0. The smallest absolute Gasteiger partial charge is 0.222 e. The maximum Gasteiger partial charge on any atom is 0.222 e. The van der Waals surface area contributed by atoms with Gasteiger partial charge >= 0.3 is 0 Å². The van der Waals surface area contributed by atoms with Gasteiger partial charge in [-0.25, -0.2) is 0 Å². The van der Waals surface area contributed by atoms with E-state index in [1.165, 1.54) is 0 Å². The summed E-state index contributed by atoms with van der Waals surface area (Å²) < 4.78 is 5.24. The Hall–Kier alpha value is -1.39. The highest BCUT2D eigenvalue weighted by Gasteiger charge is 2.13. The van der Waals surface area contributed by atoms with Crippen LogP contribution in [0, 0.1) is 0 Å². The van der Waals surface area contributed by atoms with Gasteiger partial charge in [-0.1, -0.05) is 30.3 Å². The summed E-state index contributed by atoms with van der Waals surface area (Å²) in [5, 5.41) is 2.87. The Labute approximate surface area is 109 Å². The molecule has 0 bridgehead atoms. The summed E-state index contributed by atoms with van der Waals surface area (Å²) in [6, 6.07) is 9.39. The van der Waals surface area contributed by atoms with Crippen LogP contribution in [0.15, 0.2) is 30.3 Å². The summed E-state index contributed by atoms with van der Waals surface area (Å²) in [6.07, 6.45) is 0.292. The lowest BCUT2D eigenvalue weighted by Crippen LogP contribution is -2.37. The Kier molecular flexibility index (Phi) is 6.39. The molecule has 1 aromatic rings. The average Bonchev–Trinajstić information content (AvgIpc) is 2.37. The van der Waals surface area contributed by atoms with E-state index in [1.807, 2.05) is 44.2 Å². The molecule has 2 unspecified atom stereocenters. The van der Waals surface area contributed by atoms with Gasteiger partial charge < -0.3 is 15.8 Å². The number of ether oxygens (including phenoxy) is 1. The minimum absolute atomic E-state index is 0.0143. The monoisotopic (exact) mass is 250 g/mol. The van der Waals surface area contributed by atoms with Gasteiger partial charge in [-0.05, 0) is 19.4 Å². The van der Waals surface area contributed by atoms with Crippen LogP contribution in [0.3, 0.4) is 0 Å². The van der Waals surface area contributed by atoms with Gasteiger partial charge in [0.1, 0.15) is 0 Å². The van der Waals surface area contributed by atoms with Crippen molar-refractivity contribution in [3.63, 3.8) is 0 Å². The number of hydrogen-bond donors (Lipinski definition) is 2. The van der Waals surface area contributed by atoms with E-state index in [-0.39, 0.29) is 18.0 Å². The quantitative estimate of drug-likeness (QED) is 0.773. The first-order valence-corrected chi connectivity index (χ1v) is 6.31. The van der Waals surface area contributed by atoms with Crippen LogP contribution >= 0.6 is 0 Å². The number of rotatable bonds is 7. The van der Waals surface area contributed by atoms with Crippen molar-refractivity contribution in [1.29, 1.82) is 0 Å². The van der Waals surface area contributed by atoms with E-state index in [4.69, 9.17) is 10.5 Å². The highest BCUT2D eigenvalue weighted by atomic mass is 16.5. The van der Waals surface area contributed by atoms with Crippen molar-refractivity contribution >= 4 is 5.91 Å². The minimum Gasteiger partial charge on any atom is -0.380 e. The molecule has 4 heteroatoms. The topological polar surface area (TPSA) is 64.3 Å². The lowest BCUT2D eigenvalue weighted by molar-refractivity contribution is -0.122. The first-order chi connectivity index (χ1) is 8.63. The van der Waals surface area contributed by atoms with Gasteiger partial charge in [-0.3, -0.25) is 4.79 Å². The van der Waals surface area contributed by atoms with Crippen molar-refractivity contribution in [2.75, 3.05) is 13.2 Å². The highest BCUT2D eigenvalue weighted by molar-refractivity contribution is 5.77. The highest BCUT2D eigenvalue weighted by Crippen LogP contribution is 2.12. The fraction of sp³-hybridized carbons (Fsp3) is 0.500. The molecule has 0 heterocycles. The van der Waals surface area contributed by atoms with Crippen molar-refractivity contribution in [3.8, 4) is 0 Å². The molecule has 4 nitrogen and oxygen atoms in total. The van der Waals surface area contributed by atoms with Crippen LogP contribution in [0.5, 0.6) is 0 Å². The molecule has 100 valence electrons. The second-order valence-electron chi connectivity index (χ2n) is 4.35. The SMILES string of the molecule is CCOCC(C)NC(=O)CC(N)c1ccccc1. The van der Waals surface area contributed by atoms with Gasteiger partial charge in [0, 0.05) is 25.1 Å². The van der Waals surface area contributed by atoms with Gasteiger partial charge in [-0.15, -0.1) is 0 Å². The predicted molar refractivity (Wildman–Crippen MR) is 72.1 cm³/mol. The predicted octanol–water partition coefficient (Wildman–Crippen LogP) is 1.62.